The third-order valence-corrected chi connectivity index (χ3v) is 5.97. The summed E-state index contributed by atoms with van der Waals surface area (Å²) in [7, 11) is 0. The molecule has 1 aromatic heterocycles. The SMILES string of the molecule is O=C(c1cnc(N2CCC(Cc3cccc(F)c3)CC2)c(Cl)c1)N1CCOCC1. The van der Waals surface area contributed by atoms with Crippen molar-refractivity contribution in [2.75, 3.05) is 44.3 Å². The number of carbonyl (C=O) groups is 1. The van der Waals surface area contributed by atoms with E-state index in [-0.39, 0.29) is 11.7 Å². The molecule has 2 fully saturated rings. The Morgan fingerprint density at radius 1 is 1.17 bits per heavy atom. The summed E-state index contributed by atoms with van der Waals surface area (Å²) in [6.07, 6.45) is 4.52. The van der Waals surface area contributed by atoms with E-state index in [2.05, 4.69) is 9.88 Å². The van der Waals surface area contributed by atoms with Crippen LogP contribution in [0.2, 0.25) is 5.02 Å². The lowest BCUT2D eigenvalue weighted by Gasteiger charge is -2.33. The first-order valence-corrected chi connectivity index (χ1v) is 10.5. The normalized spacial score (nSPS) is 18.1. The number of anilines is 1. The van der Waals surface area contributed by atoms with Crippen molar-refractivity contribution in [2.45, 2.75) is 19.3 Å². The van der Waals surface area contributed by atoms with Gasteiger partial charge in [-0.25, -0.2) is 9.37 Å². The average Bonchev–Trinajstić information content (AvgIpc) is 2.74. The van der Waals surface area contributed by atoms with Crippen LogP contribution in [0, 0.1) is 11.7 Å². The number of hydrogen-bond donors (Lipinski definition) is 0. The molecular formula is C22H25ClFN3O2. The van der Waals surface area contributed by atoms with Crippen molar-refractivity contribution in [1.29, 1.82) is 0 Å². The molecule has 4 rings (SSSR count). The summed E-state index contributed by atoms with van der Waals surface area (Å²) in [6, 6.07) is 8.57. The third-order valence-electron chi connectivity index (χ3n) is 5.69. The van der Waals surface area contributed by atoms with Crippen molar-refractivity contribution in [3.05, 3.63) is 58.5 Å². The lowest BCUT2D eigenvalue weighted by molar-refractivity contribution is 0.0302. The van der Waals surface area contributed by atoms with Gasteiger partial charge in [0, 0.05) is 32.4 Å². The zero-order chi connectivity index (χ0) is 20.2. The van der Waals surface area contributed by atoms with E-state index in [1.807, 2.05) is 6.07 Å². The molecule has 0 radical (unpaired) electrons. The van der Waals surface area contributed by atoms with Gasteiger partial charge in [0.25, 0.3) is 5.91 Å². The number of carbonyl (C=O) groups excluding carboxylic acids is 1. The predicted octanol–water partition coefficient (Wildman–Crippen LogP) is 3.81. The number of nitrogens with zero attached hydrogens (tertiary/aromatic N) is 3. The van der Waals surface area contributed by atoms with Gasteiger partial charge in [-0.15, -0.1) is 0 Å². The fourth-order valence-electron chi connectivity index (χ4n) is 4.08. The molecule has 0 aliphatic carbocycles. The predicted molar refractivity (Wildman–Crippen MR) is 111 cm³/mol. The molecule has 29 heavy (non-hydrogen) atoms. The Labute approximate surface area is 175 Å². The van der Waals surface area contributed by atoms with Gasteiger partial charge in [0.15, 0.2) is 0 Å². The van der Waals surface area contributed by atoms with Crippen molar-refractivity contribution in [3.8, 4) is 0 Å². The monoisotopic (exact) mass is 417 g/mol. The molecule has 2 aromatic rings. The molecular weight excluding hydrogens is 393 g/mol. The van der Waals surface area contributed by atoms with Crippen LogP contribution in [-0.4, -0.2) is 55.2 Å². The minimum atomic E-state index is -0.178. The first kappa shape index (κ1) is 20.1. The van der Waals surface area contributed by atoms with E-state index in [0.29, 0.717) is 42.8 Å². The highest BCUT2D eigenvalue weighted by molar-refractivity contribution is 6.33. The molecule has 7 heteroatoms. The van der Waals surface area contributed by atoms with E-state index in [4.69, 9.17) is 16.3 Å². The average molecular weight is 418 g/mol. The molecule has 0 atom stereocenters. The molecule has 2 saturated heterocycles. The van der Waals surface area contributed by atoms with Gasteiger partial charge in [-0.05, 0) is 48.9 Å². The lowest BCUT2D eigenvalue weighted by atomic mass is 9.90. The standard InChI is InChI=1S/C22H25ClFN3O2/c23-20-14-18(22(28)27-8-10-29-11-9-27)15-25-21(20)26-6-4-16(5-7-26)12-17-2-1-3-19(24)13-17/h1-3,13-16H,4-12H2. The zero-order valence-corrected chi connectivity index (χ0v) is 17.1. The Balaban J connectivity index is 1.36. The van der Waals surface area contributed by atoms with Gasteiger partial charge in [0.1, 0.15) is 11.6 Å². The maximum Gasteiger partial charge on any atom is 0.255 e. The molecule has 1 aromatic carbocycles. The van der Waals surface area contributed by atoms with E-state index in [1.54, 1.807) is 29.3 Å². The second-order valence-corrected chi connectivity index (χ2v) is 8.11. The summed E-state index contributed by atoms with van der Waals surface area (Å²) < 4.78 is 18.7. The Bertz CT molecular complexity index is 865. The summed E-state index contributed by atoms with van der Waals surface area (Å²) in [5, 5.41) is 0.507. The Morgan fingerprint density at radius 2 is 1.93 bits per heavy atom. The van der Waals surface area contributed by atoms with Gasteiger partial charge in [-0.3, -0.25) is 4.79 Å². The molecule has 5 nitrogen and oxygen atoms in total. The van der Waals surface area contributed by atoms with Crippen molar-refractivity contribution in [2.24, 2.45) is 5.92 Å². The van der Waals surface area contributed by atoms with Crippen LogP contribution in [-0.2, 0) is 11.2 Å². The summed E-state index contributed by atoms with van der Waals surface area (Å²) in [6.45, 7) is 4.02. The molecule has 2 aliphatic heterocycles. The minimum Gasteiger partial charge on any atom is -0.378 e. The number of aromatic nitrogens is 1. The maximum atomic E-state index is 13.4. The lowest BCUT2D eigenvalue weighted by Crippen LogP contribution is -2.40. The topological polar surface area (TPSA) is 45.7 Å². The van der Waals surface area contributed by atoms with Gasteiger partial charge in [-0.2, -0.15) is 0 Å². The highest BCUT2D eigenvalue weighted by Gasteiger charge is 2.24. The van der Waals surface area contributed by atoms with Crippen LogP contribution < -0.4 is 4.90 Å². The Hall–Kier alpha value is -2.18. The van der Waals surface area contributed by atoms with Crippen LogP contribution in [0.15, 0.2) is 36.5 Å². The molecule has 2 aliphatic rings. The number of morpholine rings is 1. The second-order valence-electron chi connectivity index (χ2n) is 7.70. The fraction of sp³-hybridized carbons (Fsp3) is 0.455. The highest BCUT2D eigenvalue weighted by atomic mass is 35.5. The molecule has 0 N–H and O–H groups in total. The van der Waals surface area contributed by atoms with Crippen LogP contribution in [0.1, 0.15) is 28.8 Å². The maximum absolute atomic E-state index is 13.4. The number of hydrogen-bond acceptors (Lipinski definition) is 4. The third kappa shape index (κ3) is 4.87. The van der Waals surface area contributed by atoms with Crippen LogP contribution in [0.3, 0.4) is 0 Å². The number of amides is 1. The molecule has 0 spiro atoms. The van der Waals surface area contributed by atoms with Gasteiger partial charge in [0.2, 0.25) is 0 Å². The second kappa shape index (κ2) is 9.09. The van der Waals surface area contributed by atoms with Gasteiger partial charge in [-0.1, -0.05) is 23.7 Å². The van der Waals surface area contributed by atoms with Gasteiger partial charge >= 0.3 is 0 Å². The summed E-state index contributed by atoms with van der Waals surface area (Å²) in [5.41, 5.74) is 1.56. The first-order valence-electron chi connectivity index (χ1n) is 10.1. The van der Waals surface area contributed by atoms with E-state index < -0.39 is 0 Å². The number of benzene rings is 1. The van der Waals surface area contributed by atoms with Crippen molar-refractivity contribution in [3.63, 3.8) is 0 Å². The van der Waals surface area contributed by atoms with Crippen molar-refractivity contribution in [1.82, 2.24) is 9.88 Å². The Morgan fingerprint density at radius 3 is 2.62 bits per heavy atom. The number of rotatable bonds is 4. The molecule has 3 heterocycles. The summed E-state index contributed by atoms with van der Waals surface area (Å²) >= 11 is 6.49. The van der Waals surface area contributed by atoms with Gasteiger partial charge in [0.05, 0.1) is 23.8 Å². The van der Waals surface area contributed by atoms with Crippen LogP contribution in [0.5, 0.6) is 0 Å². The Kier molecular flexibility index (Phi) is 6.31. The van der Waals surface area contributed by atoms with Gasteiger partial charge < -0.3 is 14.5 Å². The summed E-state index contributed by atoms with van der Waals surface area (Å²) in [5.74, 6) is 1.02. The first-order chi connectivity index (χ1) is 14.1. The smallest absolute Gasteiger partial charge is 0.255 e. The minimum absolute atomic E-state index is 0.0527. The van der Waals surface area contributed by atoms with Crippen LogP contribution in [0.25, 0.3) is 0 Å². The van der Waals surface area contributed by atoms with E-state index in [1.165, 1.54) is 6.07 Å². The number of ether oxygens (including phenoxy) is 1. The highest BCUT2D eigenvalue weighted by Crippen LogP contribution is 2.30. The zero-order valence-electron chi connectivity index (χ0n) is 16.3. The fourth-order valence-corrected chi connectivity index (χ4v) is 4.36. The quantitative estimate of drug-likeness (QED) is 0.759. The van der Waals surface area contributed by atoms with Crippen LogP contribution >= 0.6 is 11.6 Å². The van der Waals surface area contributed by atoms with Crippen molar-refractivity contribution < 1.29 is 13.9 Å². The molecule has 0 unspecified atom stereocenters. The van der Waals surface area contributed by atoms with E-state index >= 15 is 0 Å². The molecule has 0 bridgehead atoms. The molecule has 154 valence electrons. The molecule has 0 saturated carbocycles. The molecule has 1 amide bonds. The number of pyridine rings is 1. The van der Waals surface area contributed by atoms with E-state index in [0.717, 1.165) is 43.7 Å². The number of piperidine rings is 1. The summed E-state index contributed by atoms with van der Waals surface area (Å²) in [4.78, 5) is 21.1. The van der Waals surface area contributed by atoms with Crippen molar-refractivity contribution >= 4 is 23.3 Å². The number of halogens is 2. The van der Waals surface area contributed by atoms with Crippen LogP contribution in [0.4, 0.5) is 10.2 Å². The van der Waals surface area contributed by atoms with E-state index in [9.17, 15) is 9.18 Å². The largest absolute Gasteiger partial charge is 0.378 e.